The van der Waals surface area contributed by atoms with E-state index in [0.717, 1.165) is 23.4 Å². The van der Waals surface area contributed by atoms with Gasteiger partial charge in [0.25, 0.3) is 0 Å². The fourth-order valence-electron chi connectivity index (χ4n) is 2.28. The summed E-state index contributed by atoms with van der Waals surface area (Å²) in [6, 6.07) is 16.2. The van der Waals surface area contributed by atoms with Crippen molar-refractivity contribution in [3.63, 3.8) is 0 Å². The Hall–Kier alpha value is -1.84. The van der Waals surface area contributed by atoms with Crippen LogP contribution in [0.1, 0.15) is 16.7 Å². The van der Waals surface area contributed by atoms with Crippen LogP contribution in [0.5, 0.6) is 0 Å². The highest BCUT2D eigenvalue weighted by Crippen LogP contribution is 2.21. The van der Waals surface area contributed by atoms with Crippen molar-refractivity contribution < 1.29 is 10.2 Å². The van der Waals surface area contributed by atoms with E-state index < -0.39 is 0 Å². The van der Waals surface area contributed by atoms with Crippen LogP contribution in [0.25, 0.3) is 0 Å². The molecule has 3 heteroatoms. The number of nitrogens with zero attached hydrogens (tertiary/aromatic N) is 1. The third-order valence-corrected chi connectivity index (χ3v) is 3.45. The summed E-state index contributed by atoms with van der Waals surface area (Å²) >= 11 is 0. The van der Waals surface area contributed by atoms with Crippen LogP contribution in [0, 0.1) is 6.92 Å². The summed E-state index contributed by atoms with van der Waals surface area (Å²) in [6.07, 6.45) is 0. The number of anilines is 1. The predicted octanol–water partition coefficient (Wildman–Crippen LogP) is 2.49. The van der Waals surface area contributed by atoms with Crippen LogP contribution in [-0.2, 0) is 13.2 Å². The summed E-state index contributed by atoms with van der Waals surface area (Å²) in [5.41, 5.74) is 4.29. The zero-order chi connectivity index (χ0) is 14.4. The van der Waals surface area contributed by atoms with E-state index in [-0.39, 0.29) is 13.2 Å². The lowest BCUT2D eigenvalue weighted by molar-refractivity contribution is 0.281. The zero-order valence-corrected chi connectivity index (χ0v) is 11.8. The number of aliphatic hydroxyl groups is 2. The van der Waals surface area contributed by atoms with Gasteiger partial charge in [-0.2, -0.15) is 0 Å². The maximum atomic E-state index is 9.26. The molecule has 0 aliphatic rings. The Morgan fingerprint density at radius 1 is 1.00 bits per heavy atom. The molecule has 0 heterocycles. The van der Waals surface area contributed by atoms with Crippen LogP contribution in [0.4, 0.5) is 5.69 Å². The van der Waals surface area contributed by atoms with Crippen molar-refractivity contribution in [1.82, 2.24) is 0 Å². The first-order valence-electron chi connectivity index (χ1n) is 6.84. The van der Waals surface area contributed by atoms with Gasteiger partial charge in [-0.1, -0.05) is 36.4 Å². The first-order chi connectivity index (χ1) is 9.74. The lowest BCUT2D eigenvalue weighted by Gasteiger charge is -2.25. The standard InChI is InChI=1S/C17H21NO2/c1-14-11-17(8-7-16(14)13-20)18(9-10-19)12-15-5-3-2-4-6-15/h2-8,11,19-20H,9-10,12-13H2,1H3. The first-order valence-corrected chi connectivity index (χ1v) is 6.84. The van der Waals surface area contributed by atoms with Gasteiger partial charge in [0.1, 0.15) is 0 Å². The molecule has 0 saturated heterocycles. The van der Waals surface area contributed by atoms with E-state index in [9.17, 15) is 10.2 Å². The van der Waals surface area contributed by atoms with Crippen molar-refractivity contribution in [3.05, 3.63) is 65.2 Å². The van der Waals surface area contributed by atoms with E-state index in [4.69, 9.17) is 0 Å². The zero-order valence-electron chi connectivity index (χ0n) is 11.8. The highest BCUT2D eigenvalue weighted by Gasteiger charge is 2.08. The summed E-state index contributed by atoms with van der Waals surface area (Å²) < 4.78 is 0. The number of benzene rings is 2. The highest BCUT2D eigenvalue weighted by molar-refractivity contribution is 5.51. The van der Waals surface area contributed by atoms with Crippen LogP contribution in [0.2, 0.25) is 0 Å². The van der Waals surface area contributed by atoms with Crippen molar-refractivity contribution in [2.45, 2.75) is 20.1 Å². The van der Waals surface area contributed by atoms with Gasteiger partial charge in [0.2, 0.25) is 0 Å². The van der Waals surface area contributed by atoms with E-state index in [1.165, 1.54) is 5.56 Å². The molecule has 0 saturated carbocycles. The highest BCUT2D eigenvalue weighted by atomic mass is 16.3. The Morgan fingerprint density at radius 2 is 1.75 bits per heavy atom. The maximum Gasteiger partial charge on any atom is 0.0684 e. The third kappa shape index (κ3) is 3.59. The lowest BCUT2D eigenvalue weighted by atomic mass is 10.1. The van der Waals surface area contributed by atoms with Gasteiger partial charge >= 0.3 is 0 Å². The summed E-state index contributed by atoms with van der Waals surface area (Å²) in [7, 11) is 0. The van der Waals surface area contributed by atoms with Gasteiger partial charge in [-0.05, 0) is 35.7 Å². The molecule has 0 unspecified atom stereocenters. The molecule has 106 valence electrons. The van der Waals surface area contributed by atoms with Crippen molar-refractivity contribution in [2.75, 3.05) is 18.1 Å². The van der Waals surface area contributed by atoms with E-state index in [1.54, 1.807) is 0 Å². The molecular formula is C17H21NO2. The minimum absolute atomic E-state index is 0.0603. The van der Waals surface area contributed by atoms with Gasteiger partial charge in [0, 0.05) is 18.8 Å². The largest absolute Gasteiger partial charge is 0.395 e. The summed E-state index contributed by atoms with van der Waals surface area (Å²) in [5.74, 6) is 0. The van der Waals surface area contributed by atoms with E-state index in [1.807, 2.05) is 37.3 Å². The van der Waals surface area contributed by atoms with Crippen LogP contribution in [0.15, 0.2) is 48.5 Å². The molecule has 0 radical (unpaired) electrons. The number of aryl methyl sites for hydroxylation is 1. The molecule has 0 fully saturated rings. The number of rotatable bonds is 6. The van der Waals surface area contributed by atoms with Gasteiger partial charge in [-0.25, -0.2) is 0 Å². The SMILES string of the molecule is Cc1cc(N(CCO)Cc2ccccc2)ccc1CO. The number of hydrogen-bond donors (Lipinski definition) is 2. The van der Waals surface area contributed by atoms with Crippen molar-refractivity contribution >= 4 is 5.69 Å². The Labute approximate surface area is 120 Å². The van der Waals surface area contributed by atoms with E-state index in [0.29, 0.717) is 6.54 Å². The molecule has 3 nitrogen and oxygen atoms in total. The molecule has 20 heavy (non-hydrogen) atoms. The van der Waals surface area contributed by atoms with Gasteiger partial charge < -0.3 is 15.1 Å². The molecule has 2 rings (SSSR count). The van der Waals surface area contributed by atoms with Gasteiger partial charge in [-0.3, -0.25) is 0 Å². The molecule has 0 amide bonds. The second-order valence-corrected chi connectivity index (χ2v) is 4.90. The smallest absolute Gasteiger partial charge is 0.0684 e. The number of hydrogen-bond acceptors (Lipinski definition) is 3. The molecule has 2 aromatic carbocycles. The molecule has 0 aliphatic heterocycles. The van der Waals surface area contributed by atoms with Crippen molar-refractivity contribution in [2.24, 2.45) is 0 Å². The minimum Gasteiger partial charge on any atom is -0.395 e. The van der Waals surface area contributed by atoms with Crippen LogP contribution < -0.4 is 4.90 Å². The van der Waals surface area contributed by atoms with Gasteiger partial charge in [-0.15, -0.1) is 0 Å². The average Bonchev–Trinajstić information content (AvgIpc) is 2.48. The molecule has 0 bridgehead atoms. The predicted molar refractivity (Wildman–Crippen MR) is 81.7 cm³/mol. The maximum absolute atomic E-state index is 9.26. The molecule has 0 atom stereocenters. The molecule has 0 aliphatic carbocycles. The van der Waals surface area contributed by atoms with Crippen molar-refractivity contribution in [1.29, 1.82) is 0 Å². The molecule has 0 spiro atoms. The fraction of sp³-hybridized carbons (Fsp3) is 0.294. The van der Waals surface area contributed by atoms with Crippen LogP contribution in [0.3, 0.4) is 0 Å². The molecule has 0 aromatic heterocycles. The molecule has 2 aromatic rings. The Balaban J connectivity index is 2.22. The Morgan fingerprint density at radius 3 is 2.35 bits per heavy atom. The van der Waals surface area contributed by atoms with E-state index >= 15 is 0 Å². The quantitative estimate of drug-likeness (QED) is 0.848. The number of aliphatic hydroxyl groups excluding tert-OH is 2. The third-order valence-electron chi connectivity index (χ3n) is 3.45. The summed E-state index contributed by atoms with van der Waals surface area (Å²) in [4.78, 5) is 2.14. The average molecular weight is 271 g/mol. The normalized spacial score (nSPS) is 10.6. The van der Waals surface area contributed by atoms with E-state index in [2.05, 4.69) is 23.1 Å². The van der Waals surface area contributed by atoms with Gasteiger partial charge in [0.15, 0.2) is 0 Å². The Kier molecular flexibility index (Phi) is 5.16. The molecule has 2 N–H and O–H groups in total. The minimum atomic E-state index is 0.0603. The fourth-order valence-corrected chi connectivity index (χ4v) is 2.28. The monoisotopic (exact) mass is 271 g/mol. The second-order valence-electron chi connectivity index (χ2n) is 4.90. The van der Waals surface area contributed by atoms with Gasteiger partial charge in [0.05, 0.1) is 13.2 Å². The Bertz CT molecular complexity index is 540. The van der Waals surface area contributed by atoms with Crippen LogP contribution in [-0.4, -0.2) is 23.4 Å². The molecular weight excluding hydrogens is 250 g/mol. The van der Waals surface area contributed by atoms with Crippen LogP contribution >= 0.6 is 0 Å². The second kappa shape index (κ2) is 7.08. The van der Waals surface area contributed by atoms with Crippen molar-refractivity contribution in [3.8, 4) is 0 Å². The lowest BCUT2D eigenvalue weighted by Crippen LogP contribution is -2.26. The topological polar surface area (TPSA) is 43.7 Å². The summed E-state index contributed by atoms with van der Waals surface area (Å²) in [5, 5.41) is 18.5. The summed E-state index contributed by atoms with van der Waals surface area (Å²) in [6.45, 7) is 3.53. The first kappa shape index (κ1) is 14.6.